The zero-order valence-corrected chi connectivity index (χ0v) is 24.8. The normalized spacial score (nSPS) is 14.5. The molecule has 0 aliphatic carbocycles. The molecule has 0 spiro atoms. The number of fused-ring (bicyclic) bond motifs is 4. The average molecular weight is 705 g/mol. The molecule has 0 radical (unpaired) electrons. The van der Waals surface area contributed by atoms with E-state index in [-0.39, 0.29) is 26.6 Å². The molecule has 4 aromatic carbocycles. The van der Waals surface area contributed by atoms with Crippen molar-refractivity contribution < 1.29 is 25.2 Å². The SMILES string of the molecule is [2H]C([2H])([2H])c1ccnc(-n2c3[c-]c(C(C)(C)c4[c-]c(N5CN(C)c6ccccc65)ccc4)ccc3c3ccccc32)c1.[Pt+2]. The van der Waals surface area contributed by atoms with Crippen LogP contribution in [0.4, 0.5) is 17.1 Å². The van der Waals surface area contributed by atoms with Gasteiger partial charge in [0.25, 0.3) is 0 Å². The second-order valence-corrected chi connectivity index (χ2v) is 10.7. The van der Waals surface area contributed by atoms with Gasteiger partial charge in [-0.05, 0) is 53.5 Å². The summed E-state index contributed by atoms with van der Waals surface area (Å²) in [6, 6.07) is 37.9. The number of aromatic nitrogens is 2. The molecule has 0 fully saturated rings. The standard InChI is InChI=1S/C35H30N4.Pt/c1-24-18-19-36-34(20-24)39-30-13-6-5-12-28(30)29-17-16-26(22-33(29)39)35(2,3)25-10-9-11-27(21-25)38-23-37(4)31-14-7-8-15-32(31)38;/h5-20H,23H2,1-4H3;/q-2;+2/i1D3;. The molecule has 5 heteroatoms. The molecule has 2 aromatic heterocycles. The van der Waals surface area contributed by atoms with Crippen LogP contribution in [-0.4, -0.2) is 23.3 Å². The second kappa shape index (κ2) is 9.94. The summed E-state index contributed by atoms with van der Waals surface area (Å²) in [5.74, 6) is 0.561. The van der Waals surface area contributed by atoms with Crippen LogP contribution >= 0.6 is 0 Å². The van der Waals surface area contributed by atoms with Gasteiger partial charge in [0.1, 0.15) is 5.82 Å². The summed E-state index contributed by atoms with van der Waals surface area (Å²) in [7, 11) is 2.11. The van der Waals surface area contributed by atoms with Crippen molar-refractivity contribution in [2.45, 2.75) is 26.1 Å². The molecule has 0 bridgehead atoms. The van der Waals surface area contributed by atoms with Gasteiger partial charge in [-0.3, -0.25) is 0 Å². The van der Waals surface area contributed by atoms with Crippen LogP contribution in [0.25, 0.3) is 27.6 Å². The zero-order valence-electron chi connectivity index (χ0n) is 25.5. The van der Waals surface area contributed by atoms with E-state index in [4.69, 9.17) is 4.11 Å². The maximum absolute atomic E-state index is 7.94. The molecule has 0 saturated carbocycles. The molecule has 0 atom stereocenters. The Labute approximate surface area is 254 Å². The number of anilines is 3. The van der Waals surface area contributed by atoms with Crippen LogP contribution in [0, 0.1) is 19.0 Å². The largest absolute Gasteiger partial charge is 2.00 e. The third-order valence-corrected chi connectivity index (χ3v) is 7.91. The Morgan fingerprint density at radius 3 is 2.45 bits per heavy atom. The first-order chi connectivity index (χ1) is 20.1. The molecule has 7 rings (SSSR count). The summed E-state index contributed by atoms with van der Waals surface area (Å²) < 4.78 is 25.8. The summed E-state index contributed by atoms with van der Waals surface area (Å²) >= 11 is 0. The summed E-state index contributed by atoms with van der Waals surface area (Å²) in [6.45, 7) is 2.94. The van der Waals surface area contributed by atoms with Crippen LogP contribution in [-0.2, 0) is 26.5 Å². The third-order valence-electron chi connectivity index (χ3n) is 7.91. The Morgan fingerprint density at radius 2 is 1.60 bits per heavy atom. The fourth-order valence-corrected chi connectivity index (χ4v) is 5.75. The summed E-state index contributed by atoms with van der Waals surface area (Å²) in [5.41, 5.74) is 7.15. The zero-order chi connectivity index (χ0) is 29.2. The quantitative estimate of drug-likeness (QED) is 0.174. The molecule has 0 unspecified atom stereocenters. The van der Waals surface area contributed by atoms with Crippen molar-refractivity contribution in [3.05, 3.63) is 126 Å². The fraction of sp³-hybridized carbons (Fsp3) is 0.171. The van der Waals surface area contributed by atoms with Gasteiger partial charge in [-0.2, -0.15) is 47.5 Å². The number of benzene rings is 4. The van der Waals surface area contributed by atoms with E-state index in [0.29, 0.717) is 5.82 Å². The van der Waals surface area contributed by atoms with Crippen molar-refractivity contribution in [2.24, 2.45) is 0 Å². The van der Waals surface area contributed by atoms with Gasteiger partial charge in [-0.15, -0.1) is 11.5 Å². The number of para-hydroxylation sites is 3. The Hall–Kier alpha value is -3.88. The first-order valence-corrected chi connectivity index (χ1v) is 13.2. The van der Waals surface area contributed by atoms with Crippen molar-refractivity contribution in [2.75, 3.05) is 23.5 Å². The van der Waals surface area contributed by atoms with Crippen molar-refractivity contribution in [3.63, 3.8) is 0 Å². The van der Waals surface area contributed by atoms with Gasteiger partial charge in [0.2, 0.25) is 0 Å². The molecule has 200 valence electrons. The first-order valence-electron chi connectivity index (χ1n) is 14.7. The minimum Gasteiger partial charge on any atom is -0.355 e. The molecule has 1 aliphatic rings. The Bertz CT molecular complexity index is 1980. The predicted molar refractivity (Wildman–Crippen MR) is 161 cm³/mol. The van der Waals surface area contributed by atoms with Gasteiger partial charge >= 0.3 is 21.1 Å². The molecular weight excluding hydrogens is 671 g/mol. The number of hydrogen-bond acceptors (Lipinski definition) is 3. The van der Waals surface area contributed by atoms with Gasteiger partial charge in [0.05, 0.1) is 18.0 Å². The van der Waals surface area contributed by atoms with Crippen LogP contribution in [0.3, 0.4) is 0 Å². The third kappa shape index (κ3) is 4.14. The number of aryl methyl sites for hydroxylation is 1. The topological polar surface area (TPSA) is 24.3 Å². The van der Waals surface area contributed by atoms with Crippen molar-refractivity contribution in [1.29, 1.82) is 0 Å². The Morgan fingerprint density at radius 1 is 0.825 bits per heavy atom. The molecule has 4 nitrogen and oxygen atoms in total. The van der Waals surface area contributed by atoms with Crippen LogP contribution in [0.15, 0.2) is 97.2 Å². The molecule has 0 N–H and O–H groups in total. The second-order valence-electron chi connectivity index (χ2n) is 10.7. The van der Waals surface area contributed by atoms with Crippen LogP contribution in [0.1, 0.15) is 34.7 Å². The average Bonchev–Trinajstić information content (AvgIpc) is 3.51. The molecule has 0 amide bonds. The number of rotatable bonds is 4. The fourth-order valence-electron chi connectivity index (χ4n) is 5.75. The molecule has 40 heavy (non-hydrogen) atoms. The Balaban J connectivity index is 0.00000329. The van der Waals surface area contributed by atoms with E-state index in [1.54, 1.807) is 18.3 Å². The van der Waals surface area contributed by atoms with E-state index in [2.05, 4.69) is 108 Å². The minimum absolute atomic E-state index is 0. The van der Waals surface area contributed by atoms with Gasteiger partial charge in [-0.1, -0.05) is 55.4 Å². The molecule has 3 heterocycles. The maximum Gasteiger partial charge on any atom is 2.00 e. The minimum atomic E-state index is -2.22. The monoisotopic (exact) mass is 704 g/mol. The van der Waals surface area contributed by atoms with Crippen LogP contribution < -0.4 is 9.80 Å². The van der Waals surface area contributed by atoms with E-state index < -0.39 is 12.3 Å². The number of pyridine rings is 1. The van der Waals surface area contributed by atoms with Crippen LogP contribution in [0.5, 0.6) is 0 Å². The maximum atomic E-state index is 7.94. The predicted octanol–water partition coefficient (Wildman–Crippen LogP) is 7.96. The molecule has 6 aromatic rings. The van der Waals surface area contributed by atoms with Crippen molar-refractivity contribution in [1.82, 2.24) is 9.55 Å². The van der Waals surface area contributed by atoms with Gasteiger partial charge in [-0.25, -0.2) is 4.98 Å². The smallest absolute Gasteiger partial charge is 0.355 e. The van der Waals surface area contributed by atoms with Crippen molar-refractivity contribution >= 4 is 38.9 Å². The van der Waals surface area contributed by atoms with E-state index in [1.165, 1.54) is 11.4 Å². The van der Waals surface area contributed by atoms with E-state index >= 15 is 0 Å². The van der Waals surface area contributed by atoms with E-state index in [9.17, 15) is 0 Å². The molecule has 0 saturated heterocycles. The molecular formula is C35H30N4Pt. The number of nitrogens with zero attached hydrogens (tertiary/aromatic N) is 4. The number of hydrogen-bond donors (Lipinski definition) is 0. The van der Waals surface area contributed by atoms with E-state index in [0.717, 1.165) is 45.3 Å². The summed E-state index contributed by atoms with van der Waals surface area (Å²) in [4.78, 5) is 9.14. The summed E-state index contributed by atoms with van der Waals surface area (Å²) in [5, 5.41) is 2.11. The first kappa shape index (κ1) is 22.9. The molecule has 1 aliphatic heterocycles. The van der Waals surface area contributed by atoms with Crippen LogP contribution in [0.2, 0.25) is 0 Å². The van der Waals surface area contributed by atoms with Gasteiger partial charge < -0.3 is 14.4 Å². The van der Waals surface area contributed by atoms with Gasteiger partial charge in [0.15, 0.2) is 0 Å². The Kier molecular flexibility index (Phi) is 5.69. The van der Waals surface area contributed by atoms with Crippen molar-refractivity contribution in [3.8, 4) is 5.82 Å². The summed E-state index contributed by atoms with van der Waals surface area (Å²) in [6.07, 6.45) is 1.57. The van der Waals surface area contributed by atoms with Gasteiger partial charge in [0, 0.05) is 22.9 Å². The van der Waals surface area contributed by atoms with E-state index in [1.807, 2.05) is 22.8 Å².